The average Bonchev–Trinajstić information content (AvgIpc) is 2.96. The molecule has 0 amide bonds. The number of benzene rings is 3. The van der Waals surface area contributed by atoms with Gasteiger partial charge in [0.25, 0.3) is 0 Å². The molecule has 4 heteroatoms. The van der Waals surface area contributed by atoms with Crippen LogP contribution in [0.5, 0.6) is 0 Å². The molecule has 23 heavy (non-hydrogen) atoms. The molecule has 116 valence electrons. The lowest BCUT2D eigenvalue weighted by Crippen LogP contribution is -1.77. The smallest absolute Gasteiger partial charge is 0.0793 e. The van der Waals surface area contributed by atoms with Crippen LogP contribution < -0.4 is 0 Å². The van der Waals surface area contributed by atoms with Crippen molar-refractivity contribution in [3.8, 4) is 11.1 Å². The topological polar surface area (TPSA) is 0 Å². The van der Waals surface area contributed by atoms with E-state index in [9.17, 15) is 0 Å². The van der Waals surface area contributed by atoms with Crippen LogP contribution in [-0.2, 0) is 6.42 Å². The van der Waals surface area contributed by atoms with Crippen molar-refractivity contribution < 1.29 is 0 Å². The zero-order chi connectivity index (χ0) is 16.4. The Morgan fingerprint density at radius 2 is 0.913 bits per heavy atom. The second-order valence-corrected chi connectivity index (χ2v) is 6.72. The summed E-state index contributed by atoms with van der Waals surface area (Å²) in [6.07, 6.45) is 1.10. The maximum absolute atomic E-state index is 5.63. The maximum Gasteiger partial charge on any atom is 0.0793 e. The fraction of sp³-hybridized carbons (Fsp3) is 0.0526. The lowest BCUT2D eigenvalue weighted by atomic mass is 10.1. The van der Waals surface area contributed by atoms with Crippen LogP contribution in [-0.4, -0.2) is 0 Å². The highest BCUT2D eigenvalue weighted by Gasteiger charge is 2.15. The molecule has 0 nitrogen and oxygen atoms in total. The number of hydrogen-bond acceptors (Lipinski definition) is 0. The van der Waals surface area contributed by atoms with Crippen molar-refractivity contribution in [2.75, 3.05) is 0 Å². The molecule has 3 aromatic rings. The molecular formula is C19H12Cl4. The molecule has 0 saturated heterocycles. The Labute approximate surface area is 155 Å². The fourth-order valence-corrected chi connectivity index (χ4v) is 3.32. The Morgan fingerprint density at radius 3 is 1.35 bits per heavy atom. The highest BCUT2D eigenvalue weighted by Crippen LogP contribution is 2.36. The molecular weight excluding hydrogens is 370 g/mol. The van der Waals surface area contributed by atoms with Gasteiger partial charge >= 0.3 is 0 Å². The van der Waals surface area contributed by atoms with E-state index in [4.69, 9.17) is 46.4 Å². The number of halogens is 4. The highest BCUT2D eigenvalue weighted by atomic mass is 35.5. The van der Waals surface area contributed by atoms with Gasteiger partial charge in [0.2, 0.25) is 0 Å². The van der Waals surface area contributed by atoms with Crippen LogP contribution in [0.25, 0.3) is 11.1 Å². The minimum atomic E-state index is 0.302. The zero-order valence-corrected chi connectivity index (χ0v) is 15.0. The number of hydrogen-bond donors (Lipinski definition) is 0. The van der Waals surface area contributed by atoms with Crippen LogP contribution >= 0.6 is 46.4 Å². The van der Waals surface area contributed by atoms with E-state index in [1.165, 1.54) is 22.3 Å². The lowest BCUT2D eigenvalue weighted by molar-refractivity contribution is 1.26. The molecule has 3 aromatic carbocycles. The molecule has 4 rings (SSSR count). The third-order valence-corrected chi connectivity index (χ3v) is 5.40. The molecule has 0 fully saturated rings. The largest absolute Gasteiger partial charge is 0.0827 e. The van der Waals surface area contributed by atoms with Gasteiger partial charge in [-0.2, -0.15) is 0 Å². The van der Waals surface area contributed by atoms with Crippen molar-refractivity contribution in [3.05, 3.63) is 91.9 Å². The summed E-state index contributed by atoms with van der Waals surface area (Å²) in [5, 5.41) is 1.43. The SMILES string of the molecule is Clc1ccc(Cl)c(Cl)c1Cl.c1ccc2c(c1)Cc1ccccc1-2. The van der Waals surface area contributed by atoms with Crippen LogP contribution in [0, 0.1) is 0 Å². The van der Waals surface area contributed by atoms with Crippen LogP contribution in [0.3, 0.4) is 0 Å². The average molecular weight is 382 g/mol. The van der Waals surface area contributed by atoms with Gasteiger partial charge in [-0.3, -0.25) is 0 Å². The second-order valence-electron chi connectivity index (χ2n) is 5.15. The van der Waals surface area contributed by atoms with Crippen molar-refractivity contribution in [3.63, 3.8) is 0 Å². The third-order valence-electron chi connectivity index (χ3n) is 3.69. The molecule has 0 heterocycles. The first-order valence-electron chi connectivity index (χ1n) is 7.03. The normalized spacial score (nSPS) is 11.3. The summed E-state index contributed by atoms with van der Waals surface area (Å²) in [6, 6.07) is 20.5. The maximum atomic E-state index is 5.63. The first-order valence-corrected chi connectivity index (χ1v) is 8.54. The van der Waals surface area contributed by atoms with E-state index in [2.05, 4.69) is 48.5 Å². The van der Waals surface area contributed by atoms with Gasteiger partial charge in [-0.25, -0.2) is 0 Å². The van der Waals surface area contributed by atoms with Crippen molar-refractivity contribution >= 4 is 46.4 Å². The predicted octanol–water partition coefficient (Wildman–Crippen LogP) is 7.56. The van der Waals surface area contributed by atoms with E-state index in [0.29, 0.717) is 20.1 Å². The van der Waals surface area contributed by atoms with Crippen molar-refractivity contribution in [1.82, 2.24) is 0 Å². The van der Waals surface area contributed by atoms with E-state index >= 15 is 0 Å². The van der Waals surface area contributed by atoms with E-state index in [0.717, 1.165) is 6.42 Å². The van der Waals surface area contributed by atoms with Gasteiger partial charge in [0, 0.05) is 0 Å². The quantitative estimate of drug-likeness (QED) is 0.218. The summed E-state index contributed by atoms with van der Waals surface area (Å²) in [5.74, 6) is 0. The summed E-state index contributed by atoms with van der Waals surface area (Å²) in [6.45, 7) is 0. The van der Waals surface area contributed by atoms with Gasteiger partial charge in [0.1, 0.15) is 0 Å². The summed E-state index contributed by atoms with van der Waals surface area (Å²) in [5.41, 5.74) is 5.75. The molecule has 1 aliphatic rings. The van der Waals surface area contributed by atoms with Crippen molar-refractivity contribution in [2.45, 2.75) is 6.42 Å². The number of fused-ring (bicyclic) bond motifs is 3. The Balaban J connectivity index is 0.000000142. The van der Waals surface area contributed by atoms with Gasteiger partial charge in [-0.05, 0) is 40.8 Å². The van der Waals surface area contributed by atoms with Crippen molar-refractivity contribution in [1.29, 1.82) is 0 Å². The minimum absolute atomic E-state index is 0.302. The molecule has 0 spiro atoms. The van der Waals surface area contributed by atoms with Gasteiger partial charge in [-0.1, -0.05) is 94.9 Å². The monoisotopic (exact) mass is 380 g/mol. The molecule has 0 aromatic heterocycles. The second kappa shape index (κ2) is 7.15. The van der Waals surface area contributed by atoms with Crippen LogP contribution in [0.4, 0.5) is 0 Å². The first-order chi connectivity index (χ1) is 11.1. The van der Waals surface area contributed by atoms with Crippen LogP contribution in [0.2, 0.25) is 20.1 Å². The fourth-order valence-electron chi connectivity index (χ4n) is 2.58. The highest BCUT2D eigenvalue weighted by molar-refractivity contribution is 6.51. The summed E-state index contributed by atoms with van der Waals surface area (Å²) in [7, 11) is 0. The van der Waals surface area contributed by atoms with Gasteiger partial charge in [0.15, 0.2) is 0 Å². The van der Waals surface area contributed by atoms with Gasteiger partial charge in [-0.15, -0.1) is 0 Å². The molecule has 0 atom stereocenters. The molecule has 0 N–H and O–H groups in total. The van der Waals surface area contributed by atoms with E-state index in [1.54, 1.807) is 12.1 Å². The Morgan fingerprint density at radius 1 is 0.522 bits per heavy atom. The predicted molar refractivity (Wildman–Crippen MR) is 101 cm³/mol. The van der Waals surface area contributed by atoms with Crippen LogP contribution in [0.1, 0.15) is 11.1 Å². The molecule has 0 unspecified atom stereocenters. The summed E-state index contributed by atoms with van der Waals surface area (Å²) >= 11 is 22.5. The Hall–Kier alpha value is -1.18. The van der Waals surface area contributed by atoms with E-state index in [-0.39, 0.29) is 0 Å². The molecule has 0 radical (unpaired) electrons. The molecule has 1 aliphatic carbocycles. The Bertz CT molecular complexity index is 785. The lowest BCUT2D eigenvalue weighted by Gasteiger charge is -1.98. The molecule has 0 saturated carbocycles. The standard InChI is InChI=1S/C13H10.C6H2Cl4/c1-3-7-12-10(5-1)9-11-6-2-4-8-13(11)12;7-3-1-2-4(8)6(10)5(3)9/h1-8H,9H2;1-2H. The molecule has 0 aliphatic heterocycles. The molecule has 0 bridgehead atoms. The van der Waals surface area contributed by atoms with Crippen LogP contribution in [0.15, 0.2) is 60.7 Å². The van der Waals surface area contributed by atoms with Gasteiger partial charge in [0.05, 0.1) is 20.1 Å². The van der Waals surface area contributed by atoms with E-state index < -0.39 is 0 Å². The zero-order valence-electron chi connectivity index (χ0n) is 12.0. The summed E-state index contributed by atoms with van der Waals surface area (Å²) < 4.78 is 0. The minimum Gasteiger partial charge on any atom is -0.0827 e. The number of rotatable bonds is 0. The van der Waals surface area contributed by atoms with Gasteiger partial charge < -0.3 is 0 Å². The summed E-state index contributed by atoms with van der Waals surface area (Å²) in [4.78, 5) is 0. The van der Waals surface area contributed by atoms with Crippen molar-refractivity contribution in [2.24, 2.45) is 0 Å². The Kier molecular flexibility index (Phi) is 5.18. The third kappa shape index (κ3) is 3.51. The van der Waals surface area contributed by atoms with E-state index in [1.807, 2.05) is 0 Å². The first kappa shape index (κ1) is 16.7.